The number of carbonyl (C=O) groups is 2. The number of hydrogen-bond acceptors (Lipinski definition) is 5. The summed E-state index contributed by atoms with van der Waals surface area (Å²) in [7, 11) is 0. The first kappa shape index (κ1) is 20.4. The van der Waals surface area contributed by atoms with E-state index in [4.69, 9.17) is 13.9 Å². The maximum Gasteiger partial charge on any atom is 0.375 e. The molecular formula is C24H24O5. The number of hydrogen-bond donors (Lipinski definition) is 0. The van der Waals surface area contributed by atoms with Gasteiger partial charge in [-0.3, -0.25) is 0 Å². The molecule has 0 fully saturated rings. The summed E-state index contributed by atoms with van der Waals surface area (Å²) in [6.45, 7) is 7.74. The number of esters is 2. The van der Waals surface area contributed by atoms with E-state index in [1.807, 2.05) is 62.4 Å². The van der Waals surface area contributed by atoms with Gasteiger partial charge in [0.25, 0.3) is 0 Å². The van der Waals surface area contributed by atoms with Crippen LogP contribution in [0.25, 0.3) is 22.5 Å². The van der Waals surface area contributed by atoms with E-state index in [2.05, 4.69) is 0 Å². The van der Waals surface area contributed by atoms with Crippen LogP contribution in [-0.4, -0.2) is 25.2 Å². The fourth-order valence-corrected chi connectivity index (χ4v) is 3.07. The van der Waals surface area contributed by atoms with Gasteiger partial charge in [0.15, 0.2) is 0 Å². The lowest BCUT2D eigenvalue weighted by molar-refractivity contribution is 0.0453. The minimum Gasteiger partial charge on any atom is -0.462 e. The molecule has 0 saturated carbocycles. The number of carbonyl (C=O) groups excluding carboxylic acids is 2. The van der Waals surface area contributed by atoms with Crippen molar-refractivity contribution in [2.75, 3.05) is 13.2 Å². The van der Waals surface area contributed by atoms with Crippen LogP contribution in [0.3, 0.4) is 0 Å². The highest BCUT2D eigenvalue weighted by molar-refractivity contribution is 6.09. The van der Waals surface area contributed by atoms with Crippen LogP contribution in [0.2, 0.25) is 0 Å². The van der Waals surface area contributed by atoms with Crippen molar-refractivity contribution in [2.24, 2.45) is 0 Å². The highest BCUT2D eigenvalue weighted by atomic mass is 16.5. The quantitative estimate of drug-likeness (QED) is 0.512. The maximum atomic E-state index is 12.8. The van der Waals surface area contributed by atoms with Gasteiger partial charge in [-0.2, -0.15) is 0 Å². The summed E-state index contributed by atoms with van der Waals surface area (Å²) in [5, 5.41) is 0. The molecule has 0 unspecified atom stereocenters. The standard InChI is InChI=1S/C24H24O5/c1-5-27-23(25)20-19(17-11-7-15(3)8-12-17)21(18-13-9-16(4)10-14-18)29-22(20)24(26)28-6-2/h7-14H,5-6H2,1-4H3. The van der Waals surface area contributed by atoms with Crippen LogP contribution in [0.5, 0.6) is 0 Å². The molecule has 0 saturated heterocycles. The summed E-state index contributed by atoms with van der Waals surface area (Å²) < 4.78 is 16.3. The van der Waals surface area contributed by atoms with Crippen molar-refractivity contribution in [3.05, 3.63) is 71.0 Å². The zero-order valence-corrected chi connectivity index (χ0v) is 17.1. The molecular weight excluding hydrogens is 368 g/mol. The topological polar surface area (TPSA) is 65.7 Å². The van der Waals surface area contributed by atoms with E-state index in [0.29, 0.717) is 11.3 Å². The molecule has 0 N–H and O–H groups in total. The molecule has 0 atom stereocenters. The van der Waals surface area contributed by atoms with E-state index in [1.165, 1.54) is 0 Å². The van der Waals surface area contributed by atoms with Crippen molar-refractivity contribution in [2.45, 2.75) is 27.7 Å². The van der Waals surface area contributed by atoms with E-state index in [1.54, 1.807) is 13.8 Å². The average Bonchev–Trinajstić information content (AvgIpc) is 3.10. The Morgan fingerprint density at radius 1 is 0.759 bits per heavy atom. The zero-order chi connectivity index (χ0) is 21.0. The van der Waals surface area contributed by atoms with Crippen molar-refractivity contribution >= 4 is 11.9 Å². The highest BCUT2D eigenvalue weighted by Gasteiger charge is 2.32. The van der Waals surface area contributed by atoms with Gasteiger partial charge in [-0.25, -0.2) is 9.59 Å². The molecule has 0 aliphatic rings. The van der Waals surface area contributed by atoms with Crippen molar-refractivity contribution in [1.82, 2.24) is 0 Å². The number of aryl methyl sites for hydroxylation is 2. The minimum atomic E-state index is -0.692. The van der Waals surface area contributed by atoms with E-state index in [0.717, 1.165) is 22.3 Å². The van der Waals surface area contributed by atoms with Gasteiger partial charge >= 0.3 is 11.9 Å². The van der Waals surface area contributed by atoms with Gasteiger partial charge in [-0.1, -0.05) is 59.7 Å². The van der Waals surface area contributed by atoms with Gasteiger partial charge in [0.1, 0.15) is 11.3 Å². The lowest BCUT2D eigenvalue weighted by Gasteiger charge is -2.08. The van der Waals surface area contributed by atoms with E-state index < -0.39 is 11.9 Å². The molecule has 0 aliphatic carbocycles. The number of rotatable bonds is 6. The first-order chi connectivity index (χ1) is 14.0. The molecule has 0 amide bonds. The molecule has 5 heteroatoms. The van der Waals surface area contributed by atoms with Crippen molar-refractivity contribution in [1.29, 1.82) is 0 Å². The first-order valence-corrected chi connectivity index (χ1v) is 9.61. The van der Waals surface area contributed by atoms with Gasteiger partial charge in [-0.15, -0.1) is 0 Å². The summed E-state index contributed by atoms with van der Waals surface area (Å²) in [5.41, 5.74) is 4.30. The van der Waals surface area contributed by atoms with Crippen molar-refractivity contribution < 1.29 is 23.5 Å². The van der Waals surface area contributed by atoms with Gasteiger partial charge in [0.2, 0.25) is 5.76 Å². The summed E-state index contributed by atoms with van der Waals surface area (Å²) in [6.07, 6.45) is 0. The van der Waals surface area contributed by atoms with Crippen LogP contribution in [0.15, 0.2) is 52.9 Å². The molecule has 29 heavy (non-hydrogen) atoms. The Bertz CT molecular complexity index is 1010. The molecule has 1 heterocycles. The third-order valence-electron chi connectivity index (χ3n) is 4.50. The molecule has 1 aromatic heterocycles. The SMILES string of the molecule is CCOC(=O)c1oc(-c2ccc(C)cc2)c(-c2ccc(C)cc2)c1C(=O)OCC. The Labute approximate surface area is 170 Å². The van der Waals surface area contributed by atoms with Gasteiger partial charge in [0.05, 0.1) is 13.2 Å². The second-order valence-corrected chi connectivity index (χ2v) is 6.68. The van der Waals surface area contributed by atoms with Crippen LogP contribution in [0.1, 0.15) is 45.9 Å². The van der Waals surface area contributed by atoms with Crippen LogP contribution >= 0.6 is 0 Å². The Morgan fingerprint density at radius 3 is 1.76 bits per heavy atom. The van der Waals surface area contributed by atoms with Crippen molar-refractivity contribution in [3.63, 3.8) is 0 Å². The fraction of sp³-hybridized carbons (Fsp3) is 0.250. The highest BCUT2D eigenvalue weighted by Crippen LogP contribution is 2.40. The second kappa shape index (κ2) is 8.78. The number of benzene rings is 2. The van der Waals surface area contributed by atoms with Crippen LogP contribution < -0.4 is 0 Å². The Morgan fingerprint density at radius 2 is 1.24 bits per heavy atom. The minimum absolute atomic E-state index is 0.0877. The maximum absolute atomic E-state index is 12.8. The van der Waals surface area contributed by atoms with E-state index in [9.17, 15) is 9.59 Å². The van der Waals surface area contributed by atoms with Crippen molar-refractivity contribution in [3.8, 4) is 22.5 Å². The Kier molecular flexibility index (Phi) is 6.17. The van der Waals surface area contributed by atoms with E-state index in [-0.39, 0.29) is 24.5 Å². The summed E-state index contributed by atoms with van der Waals surface area (Å²) in [4.78, 5) is 25.4. The molecule has 3 rings (SSSR count). The molecule has 150 valence electrons. The van der Waals surface area contributed by atoms with Crippen LogP contribution in [0, 0.1) is 13.8 Å². The van der Waals surface area contributed by atoms with Gasteiger partial charge in [0, 0.05) is 11.1 Å². The largest absolute Gasteiger partial charge is 0.462 e. The third-order valence-corrected chi connectivity index (χ3v) is 4.50. The summed E-state index contributed by atoms with van der Waals surface area (Å²) in [5.74, 6) is -1.02. The Balaban J connectivity index is 2.32. The molecule has 0 spiro atoms. The fourth-order valence-electron chi connectivity index (χ4n) is 3.07. The monoisotopic (exact) mass is 392 g/mol. The molecule has 5 nitrogen and oxygen atoms in total. The normalized spacial score (nSPS) is 10.6. The van der Waals surface area contributed by atoms with Gasteiger partial charge < -0.3 is 13.9 Å². The zero-order valence-electron chi connectivity index (χ0n) is 17.1. The predicted molar refractivity (Wildman–Crippen MR) is 111 cm³/mol. The summed E-state index contributed by atoms with van der Waals surface area (Å²) >= 11 is 0. The molecule has 0 radical (unpaired) electrons. The molecule has 2 aromatic carbocycles. The smallest absolute Gasteiger partial charge is 0.375 e. The third kappa shape index (κ3) is 4.24. The molecule has 0 bridgehead atoms. The lowest BCUT2D eigenvalue weighted by Crippen LogP contribution is -2.12. The van der Waals surface area contributed by atoms with Gasteiger partial charge in [-0.05, 0) is 33.3 Å². The first-order valence-electron chi connectivity index (χ1n) is 9.61. The van der Waals surface area contributed by atoms with Crippen LogP contribution in [-0.2, 0) is 9.47 Å². The predicted octanol–water partition coefficient (Wildman–Crippen LogP) is 5.58. The van der Waals surface area contributed by atoms with Crippen LogP contribution in [0.4, 0.5) is 0 Å². The van der Waals surface area contributed by atoms with E-state index >= 15 is 0 Å². The number of ether oxygens (including phenoxy) is 2. The number of furan rings is 1. The second-order valence-electron chi connectivity index (χ2n) is 6.68. The molecule has 3 aromatic rings. The summed E-state index contributed by atoms with van der Waals surface area (Å²) in [6, 6.07) is 15.4. The average molecular weight is 392 g/mol. The Hall–Kier alpha value is -3.34. The molecule has 0 aliphatic heterocycles. The lowest BCUT2D eigenvalue weighted by atomic mass is 9.96.